The largest absolute Gasteiger partial charge is 0.492 e. The summed E-state index contributed by atoms with van der Waals surface area (Å²) in [5.41, 5.74) is 0.951. The number of para-hydroxylation sites is 1. The molecule has 1 unspecified atom stereocenters. The number of rotatable bonds is 5. The first kappa shape index (κ1) is 14.5. The van der Waals surface area contributed by atoms with Gasteiger partial charge in [0.2, 0.25) is 5.91 Å². The first-order chi connectivity index (χ1) is 10.6. The molecule has 0 aliphatic carbocycles. The van der Waals surface area contributed by atoms with Crippen LogP contribution in [0.15, 0.2) is 29.6 Å². The fourth-order valence-electron chi connectivity index (χ4n) is 2.32. The Balaban J connectivity index is 1.54. The maximum atomic E-state index is 12.2. The van der Waals surface area contributed by atoms with E-state index in [-0.39, 0.29) is 17.5 Å². The lowest BCUT2D eigenvalue weighted by molar-refractivity contribution is -0.122. The zero-order valence-corrected chi connectivity index (χ0v) is 12.4. The Morgan fingerprint density at radius 2 is 2.23 bits per heavy atom. The molecule has 0 spiro atoms. The van der Waals surface area contributed by atoms with Crippen molar-refractivity contribution in [2.24, 2.45) is 0 Å². The van der Waals surface area contributed by atoms with Gasteiger partial charge in [0.25, 0.3) is 0 Å². The molecule has 0 saturated heterocycles. The molecular formula is C15H14N2O4S. The van der Waals surface area contributed by atoms with Gasteiger partial charge in [-0.05, 0) is 6.07 Å². The molecule has 2 aromatic rings. The van der Waals surface area contributed by atoms with Crippen LogP contribution in [0.1, 0.15) is 27.0 Å². The van der Waals surface area contributed by atoms with Gasteiger partial charge < -0.3 is 15.2 Å². The summed E-state index contributed by atoms with van der Waals surface area (Å²) in [6.07, 6.45) is 0.513. The van der Waals surface area contributed by atoms with E-state index in [1.165, 1.54) is 16.7 Å². The Labute approximate surface area is 130 Å². The van der Waals surface area contributed by atoms with Gasteiger partial charge in [0.05, 0.1) is 5.01 Å². The Morgan fingerprint density at radius 1 is 1.41 bits per heavy atom. The van der Waals surface area contributed by atoms with Crippen LogP contribution in [0, 0.1) is 0 Å². The molecule has 0 fully saturated rings. The summed E-state index contributed by atoms with van der Waals surface area (Å²) < 4.78 is 5.49. The third kappa shape index (κ3) is 2.94. The van der Waals surface area contributed by atoms with Gasteiger partial charge in [-0.15, -0.1) is 11.3 Å². The molecule has 6 nitrogen and oxygen atoms in total. The number of fused-ring (bicyclic) bond motifs is 1. The summed E-state index contributed by atoms with van der Waals surface area (Å²) in [6, 6.07) is 7.51. The van der Waals surface area contributed by atoms with E-state index in [0.29, 0.717) is 24.6 Å². The predicted octanol–water partition coefficient (Wildman–Crippen LogP) is 1.68. The normalized spacial score (nSPS) is 15.9. The van der Waals surface area contributed by atoms with Gasteiger partial charge in [-0.25, -0.2) is 9.78 Å². The fourth-order valence-corrected chi connectivity index (χ4v) is 3.09. The molecule has 2 heterocycles. The number of carboxylic acid groups (broad SMARTS) is 1. The number of carbonyl (C=O) groups is 2. The predicted molar refractivity (Wildman–Crippen MR) is 80.5 cm³/mol. The van der Waals surface area contributed by atoms with Crippen LogP contribution < -0.4 is 10.1 Å². The molecule has 1 aromatic carbocycles. The average molecular weight is 318 g/mol. The molecule has 1 atom stereocenters. The van der Waals surface area contributed by atoms with E-state index >= 15 is 0 Å². The third-order valence-electron chi connectivity index (χ3n) is 3.43. The van der Waals surface area contributed by atoms with Gasteiger partial charge in [-0.1, -0.05) is 18.2 Å². The molecule has 22 heavy (non-hydrogen) atoms. The van der Waals surface area contributed by atoms with Crippen molar-refractivity contribution in [3.63, 3.8) is 0 Å². The molecule has 114 valence electrons. The van der Waals surface area contributed by atoms with E-state index in [1.807, 2.05) is 24.3 Å². The molecule has 0 bridgehead atoms. The van der Waals surface area contributed by atoms with E-state index in [1.54, 1.807) is 0 Å². The standard InChI is InChI=1S/C15H14N2O4S/c18-14(10-7-21-12-4-2-1-3-9(10)12)16-6-5-13-17-11(8-22-13)15(19)20/h1-4,8,10H,5-7H2,(H,16,18)(H,19,20). The lowest BCUT2D eigenvalue weighted by Gasteiger charge is -2.09. The number of thiazole rings is 1. The minimum atomic E-state index is -1.04. The van der Waals surface area contributed by atoms with Gasteiger partial charge in [-0.3, -0.25) is 4.79 Å². The van der Waals surface area contributed by atoms with Crippen molar-refractivity contribution in [3.8, 4) is 5.75 Å². The van der Waals surface area contributed by atoms with E-state index in [2.05, 4.69) is 10.3 Å². The minimum absolute atomic E-state index is 0.0458. The minimum Gasteiger partial charge on any atom is -0.492 e. The summed E-state index contributed by atoms with van der Waals surface area (Å²) in [5.74, 6) is -0.651. The molecule has 1 aromatic heterocycles. The monoisotopic (exact) mass is 318 g/mol. The van der Waals surface area contributed by atoms with Crippen LogP contribution in [0.25, 0.3) is 0 Å². The number of amides is 1. The lowest BCUT2D eigenvalue weighted by Crippen LogP contribution is -2.31. The van der Waals surface area contributed by atoms with Crippen molar-refractivity contribution < 1.29 is 19.4 Å². The number of aromatic carboxylic acids is 1. The van der Waals surface area contributed by atoms with Crippen molar-refractivity contribution in [2.45, 2.75) is 12.3 Å². The Morgan fingerprint density at radius 3 is 3.00 bits per heavy atom. The summed E-state index contributed by atoms with van der Waals surface area (Å²) in [6.45, 7) is 0.773. The smallest absolute Gasteiger partial charge is 0.355 e. The van der Waals surface area contributed by atoms with Crippen molar-refractivity contribution in [3.05, 3.63) is 45.9 Å². The summed E-state index contributed by atoms with van der Waals surface area (Å²) in [5, 5.41) is 13.9. The second-order valence-corrected chi connectivity index (χ2v) is 5.82. The van der Waals surface area contributed by atoms with E-state index < -0.39 is 5.97 Å². The van der Waals surface area contributed by atoms with Crippen molar-refractivity contribution in [1.82, 2.24) is 10.3 Å². The molecule has 0 radical (unpaired) electrons. The number of nitrogens with one attached hydrogen (secondary N) is 1. The molecule has 2 N–H and O–H groups in total. The highest BCUT2D eigenvalue weighted by Gasteiger charge is 2.29. The molecule has 0 saturated carbocycles. The number of aromatic nitrogens is 1. The Bertz CT molecular complexity index is 713. The van der Waals surface area contributed by atoms with Gasteiger partial charge >= 0.3 is 5.97 Å². The first-order valence-corrected chi connectivity index (χ1v) is 7.70. The summed E-state index contributed by atoms with van der Waals surface area (Å²) in [4.78, 5) is 26.9. The van der Waals surface area contributed by atoms with Gasteiger partial charge in [0.15, 0.2) is 5.69 Å². The number of nitrogens with zero attached hydrogens (tertiary/aromatic N) is 1. The van der Waals surface area contributed by atoms with Crippen molar-refractivity contribution in [2.75, 3.05) is 13.2 Å². The van der Waals surface area contributed by atoms with Gasteiger partial charge in [-0.2, -0.15) is 0 Å². The maximum Gasteiger partial charge on any atom is 0.355 e. The van der Waals surface area contributed by atoms with Crippen LogP contribution in [-0.2, 0) is 11.2 Å². The van der Waals surface area contributed by atoms with Crippen LogP contribution in [0.2, 0.25) is 0 Å². The number of hydrogen-bond donors (Lipinski definition) is 2. The lowest BCUT2D eigenvalue weighted by atomic mass is 10.0. The Hall–Kier alpha value is -2.41. The SMILES string of the molecule is O=C(O)c1csc(CCNC(=O)C2COc3ccccc32)n1. The molecule has 1 aliphatic rings. The second-order valence-electron chi connectivity index (χ2n) is 4.87. The van der Waals surface area contributed by atoms with Crippen LogP contribution in [0.4, 0.5) is 0 Å². The second kappa shape index (κ2) is 6.15. The quantitative estimate of drug-likeness (QED) is 0.875. The highest BCUT2D eigenvalue weighted by molar-refractivity contribution is 7.09. The Kier molecular flexibility index (Phi) is 4.06. The average Bonchev–Trinajstić information content (AvgIpc) is 3.13. The van der Waals surface area contributed by atoms with Crippen LogP contribution >= 0.6 is 11.3 Å². The summed E-state index contributed by atoms with van der Waals surface area (Å²) >= 11 is 1.28. The van der Waals surface area contributed by atoms with Crippen molar-refractivity contribution in [1.29, 1.82) is 0 Å². The van der Waals surface area contributed by atoms with E-state index in [4.69, 9.17) is 9.84 Å². The topological polar surface area (TPSA) is 88.5 Å². The van der Waals surface area contributed by atoms with Crippen molar-refractivity contribution >= 4 is 23.2 Å². The number of ether oxygens (including phenoxy) is 1. The number of hydrogen-bond acceptors (Lipinski definition) is 5. The fraction of sp³-hybridized carbons (Fsp3) is 0.267. The van der Waals surface area contributed by atoms with Gasteiger partial charge in [0, 0.05) is 23.9 Å². The highest BCUT2D eigenvalue weighted by atomic mass is 32.1. The zero-order chi connectivity index (χ0) is 15.5. The molecule has 3 rings (SSSR count). The third-order valence-corrected chi connectivity index (χ3v) is 4.33. The first-order valence-electron chi connectivity index (χ1n) is 6.82. The van der Waals surface area contributed by atoms with E-state index in [9.17, 15) is 9.59 Å². The molecule has 7 heteroatoms. The molecule has 1 aliphatic heterocycles. The van der Waals surface area contributed by atoms with Crippen LogP contribution in [0.5, 0.6) is 5.75 Å². The number of carbonyl (C=O) groups excluding carboxylic acids is 1. The zero-order valence-electron chi connectivity index (χ0n) is 11.6. The number of carboxylic acids is 1. The highest BCUT2D eigenvalue weighted by Crippen LogP contribution is 2.33. The van der Waals surface area contributed by atoms with Gasteiger partial charge in [0.1, 0.15) is 18.3 Å². The summed E-state index contributed by atoms with van der Waals surface area (Å²) in [7, 11) is 0. The molecule has 1 amide bonds. The van der Waals surface area contributed by atoms with E-state index in [0.717, 1.165) is 11.3 Å². The van der Waals surface area contributed by atoms with Crippen LogP contribution in [0.3, 0.4) is 0 Å². The molecular weight excluding hydrogens is 304 g/mol. The van der Waals surface area contributed by atoms with Crippen LogP contribution in [-0.4, -0.2) is 35.1 Å². The maximum absolute atomic E-state index is 12.2. The number of benzene rings is 1.